The highest BCUT2D eigenvalue weighted by Gasteiger charge is 2.28. The van der Waals surface area contributed by atoms with Gasteiger partial charge in [-0.05, 0) is 12.8 Å². The highest BCUT2D eigenvalue weighted by Crippen LogP contribution is 2.23. The van der Waals surface area contributed by atoms with Gasteiger partial charge in [-0.15, -0.1) is 0 Å². The van der Waals surface area contributed by atoms with Gasteiger partial charge in [0.15, 0.2) is 5.56 Å². The van der Waals surface area contributed by atoms with Gasteiger partial charge in [0.25, 0.3) is 5.56 Å². The molecule has 0 aliphatic carbocycles. The molecule has 8 nitrogen and oxygen atoms in total. The fourth-order valence-electron chi connectivity index (χ4n) is 2.64. The standard InChI is InChI=1S/C13H16N4O4/c1-15-10(9(7-14)11(18)16(2)13(15)21)17-5-3-8(4-6-17)12(19)20/h8H,3-6H2,1-2H3,(H,19,20). The van der Waals surface area contributed by atoms with Crippen molar-refractivity contribution in [1.82, 2.24) is 9.13 Å². The molecule has 0 spiro atoms. The molecule has 2 rings (SSSR count). The molecule has 0 amide bonds. The molecule has 0 bridgehead atoms. The Bertz CT molecular complexity index is 732. The first-order valence-corrected chi connectivity index (χ1v) is 6.56. The monoisotopic (exact) mass is 292 g/mol. The maximum atomic E-state index is 12.0. The first-order chi connectivity index (χ1) is 9.88. The Labute approximate surface area is 120 Å². The van der Waals surface area contributed by atoms with Crippen molar-refractivity contribution in [2.45, 2.75) is 12.8 Å². The molecule has 112 valence electrons. The average molecular weight is 292 g/mol. The van der Waals surface area contributed by atoms with Gasteiger partial charge in [0, 0.05) is 27.2 Å². The van der Waals surface area contributed by atoms with Crippen LogP contribution in [0.3, 0.4) is 0 Å². The summed E-state index contributed by atoms with van der Waals surface area (Å²) in [4.78, 5) is 36.7. The van der Waals surface area contributed by atoms with E-state index < -0.39 is 23.1 Å². The van der Waals surface area contributed by atoms with E-state index in [2.05, 4.69) is 0 Å². The maximum Gasteiger partial charge on any atom is 0.332 e. The Morgan fingerprint density at radius 1 is 1.24 bits per heavy atom. The molecule has 1 N–H and O–H groups in total. The molecule has 21 heavy (non-hydrogen) atoms. The fraction of sp³-hybridized carbons (Fsp3) is 0.538. The minimum absolute atomic E-state index is 0.0895. The molecule has 1 fully saturated rings. The summed E-state index contributed by atoms with van der Waals surface area (Å²) in [5, 5.41) is 18.2. The third kappa shape index (κ3) is 2.42. The average Bonchev–Trinajstić information content (AvgIpc) is 2.48. The molecular weight excluding hydrogens is 276 g/mol. The van der Waals surface area contributed by atoms with E-state index >= 15 is 0 Å². The van der Waals surface area contributed by atoms with Gasteiger partial charge in [-0.25, -0.2) is 4.79 Å². The molecule has 0 aromatic carbocycles. The van der Waals surface area contributed by atoms with Crippen molar-refractivity contribution < 1.29 is 9.90 Å². The predicted molar refractivity (Wildman–Crippen MR) is 74.2 cm³/mol. The lowest BCUT2D eigenvalue weighted by Crippen LogP contribution is -2.45. The number of aromatic nitrogens is 2. The summed E-state index contributed by atoms with van der Waals surface area (Å²) in [6, 6.07) is 1.85. The van der Waals surface area contributed by atoms with E-state index in [1.165, 1.54) is 18.7 Å². The number of aliphatic carboxylic acids is 1. The first-order valence-electron chi connectivity index (χ1n) is 6.56. The third-order valence-corrected chi connectivity index (χ3v) is 3.89. The van der Waals surface area contributed by atoms with Crippen LogP contribution in [0.5, 0.6) is 0 Å². The summed E-state index contributed by atoms with van der Waals surface area (Å²) >= 11 is 0. The summed E-state index contributed by atoms with van der Waals surface area (Å²) in [6.45, 7) is 0.790. The molecule has 1 aliphatic rings. The summed E-state index contributed by atoms with van der Waals surface area (Å²) in [6.07, 6.45) is 0.840. The number of hydrogen-bond acceptors (Lipinski definition) is 5. The van der Waals surface area contributed by atoms with Crippen LogP contribution in [0.2, 0.25) is 0 Å². The van der Waals surface area contributed by atoms with Gasteiger partial charge in [0.2, 0.25) is 0 Å². The fourth-order valence-corrected chi connectivity index (χ4v) is 2.64. The number of carbonyl (C=O) groups is 1. The Balaban J connectivity index is 2.47. The van der Waals surface area contributed by atoms with E-state index in [0.29, 0.717) is 25.9 Å². The molecular formula is C13H16N4O4. The van der Waals surface area contributed by atoms with Gasteiger partial charge in [-0.3, -0.25) is 18.7 Å². The van der Waals surface area contributed by atoms with Crippen LogP contribution in [0, 0.1) is 17.2 Å². The van der Waals surface area contributed by atoms with Gasteiger partial charge in [-0.1, -0.05) is 0 Å². The summed E-state index contributed by atoms with van der Waals surface area (Å²) < 4.78 is 2.16. The van der Waals surface area contributed by atoms with Crippen molar-refractivity contribution in [3.05, 3.63) is 26.4 Å². The summed E-state index contributed by atoms with van der Waals surface area (Å²) in [5.41, 5.74) is -1.22. The molecule has 8 heteroatoms. The first kappa shape index (κ1) is 14.8. The van der Waals surface area contributed by atoms with Crippen LogP contribution in [-0.4, -0.2) is 33.3 Å². The summed E-state index contributed by atoms with van der Waals surface area (Å²) in [7, 11) is 2.83. The third-order valence-electron chi connectivity index (χ3n) is 3.89. The number of piperidine rings is 1. The molecule has 0 unspecified atom stereocenters. The number of carboxylic acids is 1. The topological polar surface area (TPSA) is 108 Å². The molecule has 0 saturated carbocycles. The van der Waals surface area contributed by atoms with Crippen molar-refractivity contribution in [3.63, 3.8) is 0 Å². The quantitative estimate of drug-likeness (QED) is 0.769. The van der Waals surface area contributed by atoms with Gasteiger partial charge in [0.1, 0.15) is 11.9 Å². The van der Waals surface area contributed by atoms with Crippen LogP contribution >= 0.6 is 0 Å². The van der Waals surface area contributed by atoms with Crippen molar-refractivity contribution in [3.8, 4) is 6.07 Å². The highest BCUT2D eigenvalue weighted by molar-refractivity contribution is 5.70. The van der Waals surface area contributed by atoms with Gasteiger partial charge in [-0.2, -0.15) is 5.26 Å². The number of carboxylic acid groups (broad SMARTS) is 1. The molecule has 0 radical (unpaired) electrons. The normalized spacial score (nSPS) is 15.8. The van der Waals surface area contributed by atoms with E-state index in [-0.39, 0.29) is 11.4 Å². The van der Waals surface area contributed by atoms with E-state index in [0.717, 1.165) is 4.57 Å². The van der Waals surface area contributed by atoms with E-state index in [1.807, 2.05) is 6.07 Å². The maximum absolute atomic E-state index is 12.0. The smallest absolute Gasteiger partial charge is 0.332 e. The Hall–Kier alpha value is -2.56. The Kier molecular flexibility index (Phi) is 3.84. The molecule has 0 atom stereocenters. The lowest BCUT2D eigenvalue weighted by molar-refractivity contribution is -0.142. The van der Waals surface area contributed by atoms with Crippen molar-refractivity contribution in [2.24, 2.45) is 20.0 Å². The SMILES string of the molecule is Cn1c(N2CCC(C(=O)O)CC2)c(C#N)c(=O)n(C)c1=O. The van der Waals surface area contributed by atoms with Crippen molar-refractivity contribution in [1.29, 1.82) is 5.26 Å². The zero-order chi connectivity index (χ0) is 15.7. The number of rotatable bonds is 2. The van der Waals surface area contributed by atoms with Crippen LogP contribution in [0.25, 0.3) is 0 Å². The second kappa shape index (κ2) is 5.44. The lowest BCUT2D eigenvalue weighted by Gasteiger charge is -2.33. The zero-order valence-corrected chi connectivity index (χ0v) is 11.9. The van der Waals surface area contributed by atoms with Crippen LogP contribution in [0.4, 0.5) is 5.82 Å². The molecule has 1 aromatic rings. The second-order valence-corrected chi connectivity index (χ2v) is 5.12. The van der Waals surface area contributed by atoms with Crippen LogP contribution in [0.1, 0.15) is 18.4 Å². The molecule has 1 aromatic heterocycles. The van der Waals surface area contributed by atoms with Crippen molar-refractivity contribution in [2.75, 3.05) is 18.0 Å². The molecule has 2 heterocycles. The predicted octanol–water partition coefficient (Wildman–Crippen LogP) is -0.743. The second-order valence-electron chi connectivity index (χ2n) is 5.12. The van der Waals surface area contributed by atoms with Gasteiger partial charge < -0.3 is 10.0 Å². The summed E-state index contributed by atoms with van der Waals surface area (Å²) in [5.74, 6) is -0.988. The largest absolute Gasteiger partial charge is 0.481 e. The number of hydrogen-bond donors (Lipinski definition) is 1. The Morgan fingerprint density at radius 2 is 1.81 bits per heavy atom. The Morgan fingerprint density at radius 3 is 2.29 bits per heavy atom. The molecule has 1 saturated heterocycles. The van der Waals surface area contributed by atoms with Gasteiger partial charge >= 0.3 is 11.7 Å². The highest BCUT2D eigenvalue weighted by atomic mass is 16.4. The van der Waals surface area contributed by atoms with Gasteiger partial charge in [0.05, 0.1) is 5.92 Å². The number of nitrogens with zero attached hydrogens (tertiary/aromatic N) is 4. The number of nitriles is 1. The molecule has 1 aliphatic heterocycles. The van der Waals surface area contributed by atoms with Crippen molar-refractivity contribution >= 4 is 11.8 Å². The number of anilines is 1. The van der Waals surface area contributed by atoms with E-state index in [1.54, 1.807) is 4.90 Å². The van der Waals surface area contributed by atoms with Crippen LogP contribution < -0.4 is 16.1 Å². The van der Waals surface area contributed by atoms with Crippen LogP contribution in [-0.2, 0) is 18.9 Å². The lowest BCUT2D eigenvalue weighted by atomic mass is 9.97. The van der Waals surface area contributed by atoms with E-state index in [4.69, 9.17) is 5.11 Å². The minimum atomic E-state index is -0.840. The van der Waals surface area contributed by atoms with E-state index in [9.17, 15) is 19.6 Å². The zero-order valence-electron chi connectivity index (χ0n) is 11.9. The minimum Gasteiger partial charge on any atom is -0.481 e. The van der Waals surface area contributed by atoms with Crippen LogP contribution in [0.15, 0.2) is 9.59 Å².